The Bertz CT molecular complexity index is 583. The normalized spacial score (nSPS) is 17.1. The minimum atomic E-state index is 0.227. The van der Waals surface area contributed by atoms with Gasteiger partial charge < -0.3 is 5.32 Å². The Labute approximate surface area is 132 Å². The summed E-state index contributed by atoms with van der Waals surface area (Å²) in [7, 11) is 0. The zero-order valence-corrected chi connectivity index (χ0v) is 14.1. The molecule has 1 saturated heterocycles. The summed E-state index contributed by atoms with van der Waals surface area (Å²) in [5, 5.41) is 5.72. The van der Waals surface area contributed by atoms with E-state index >= 15 is 0 Å². The second-order valence-corrected chi connectivity index (χ2v) is 8.00. The van der Waals surface area contributed by atoms with Gasteiger partial charge in [-0.3, -0.25) is 0 Å². The lowest BCUT2D eigenvalue weighted by Crippen LogP contribution is -2.26. The van der Waals surface area contributed by atoms with Crippen LogP contribution in [-0.2, 0) is 5.41 Å². The minimum absolute atomic E-state index is 0.227. The molecule has 21 heavy (non-hydrogen) atoms. The van der Waals surface area contributed by atoms with E-state index < -0.39 is 0 Å². The number of thiophene rings is 1. The van der Waals surface area contributed by atoms with Gasteiger partial charge in [0.1, 0.15) is 0 Å². The van der Waals surface area contributed by atoms with E-state index in [-0.39, 0.29) is 5.41 Å². The van der Waals surface area contributed by atoms with Crippen molar-refractivity contribution < 1.29 is 0 Å². The molecule has 112 valence electrons. The van der Waals surface area contributed by atoms with Crippen LogP contribution in [0.25, 0.3) is 11.1 Å². The van der Waals surface area contributed by atoms with Gasteiger partial charge in [-0.15, -0.1) is 11.3 Å². The van der Waals surface area contributed by atoms with Crippen molar-refractivity contribution in [2.45, 2.75) is 44.9 Å². The molecule has 0 radical (unpaired) electrons. The molecule has 2 heterocycles. The zero-order chi connectivity index (χ0) is 14.9. The summed E-state index contributed by atoms with van der Waals surface area (Å²) in [6.45, 7) is 9.13. The third-order valence-electron chi connectivity index (χ3n) is 4.47. The number of piperidine rings is 1. The fourth-order valence-electron chi connectivity index (χ4n) is 3.11. The number of benzene rings is 1. The number of nitrogens with one attached hydrogen (secondary N) is 1. The average Bonchev–Trinajstić information content (AvgIpc) is 2.97. The molecular weight excluding hydrogens is 274 g/mol. The molecular formula is C19H25NS. The van der Waals surface area contributed by atoms with Crippen LogP contribution in [0.15, 0.2) is 35.7 Å². The van der Waals surface area contributed by atoms with E-state index in [1.54, 1.807) is 4.88 Å². The van der Waals surface area contributed by atoms with Gasteiger partial charge >= 0.3 is 0 Å². The second-order valence-electron chi connectivity index (χ2n) is 7.05. The van der Waals surface area contributed by atoms with Crippen LogP contribution in [0.2, 0.25) is 0 Å². The zero-order valence-electron chi connectivity index (χ0n) is 13.3. The molecule has 3 rings (SSSR count). The fraction of sp³-hybridized carbons (Fsp3) is 0.474. The molecule has 1 fully saturated rings. The van der Waals surface area contributed by atoms with Gasteiger partial charge in [0.2, 0.25) is 0 Å². The van der Waals surface area contributed by atoms with Crippen molar-refractivity contribution in [2.24, 2.45) is 0 Å². The molecule has 0 spiro atoms. The summed E-state index contributed by atoms with van der Waals surface area (Å²) in [5.74, 6) is 0.739. The summed E-state index contributed by atoms with van der Waals surface area (Å²) >= 11 is 1.93. The van der Waals surface area contributed by atoms with Crippen LogP contribution in [0.5, 0.6) is 0 Å². The second kappa shape index (κ2) is 5.94. The summed E-state index contributed by atoms with van der Waals surface area (Å²) in [6, 6.07) is 11.5. The first-order chi connectivity index (χ1) is 10.1. The largest absolute Gasteiger partial charge is 0.317 e. The molecule has 0 atom stereocenters. The molecule has 1 aliphatic heterocycles. The van der Waals surface area contributed by atoms with Crippen LogP contribution in [0.3, 0.4) is 0 Å². The van der Waals surface area contributed by atoms with Crippen LogP contribution < -0.4 is 5.32 Å². The molecule has 1 nitrogen and oxygen atoms in total. The predicted molar refractivity (Wildman–Crippen MR) is 93.3 cm³/mol. The maximum atomic E-state index is 3.46. The highest BCUT2D eigenvalue weighted by atomic mass is 32.1. The Morgan fingerprint density at radius 1 is 1.00 bits per heavy atom. The maximum absolute atomic E-state index is 3.46. The van der Waals surface area contributed by atoms with Crippen molar-refractivity contribution in [3.63, 3.8) is 0 Å². The van der Waals surface area contributed by atoms with Gasteiger partial charge in [0.05, 0.1) is 0 Å². The summed E-state index contributed by atoms with van der Waals surface area (Å²) in [5.41, 5.74) is 4.46. The Morgan fingerprint density at radius 3 is 2.29 bits per heavy atom. The summed E-state index contributed by atoms with van der Waals surface area (Å²) in [4.78, 5) is 1.58. The number of hydrogen-bond donors (Lipinski definition) is 1. The van der Waals surface area contributed by atoms with E-state index in [2.05, 4.69) is 61.8 Å². The van der Waals surface area contributed by atoms with Gasteiger partial charge in [0, 0.05) is 4.88 Å². The Hall–Kier alpha value is -1.12. The maximum Gasteiger partial charge on any atom is 0.0155 e. The third kappa shape index (κ3) is 3.22. The minimum Gasteiger partial charge on any atom is -0.317 e. The van der Waals surface area contributed by atoms with E-state index in [9.17, 15) is 0 Å². The monoisotopic (exact) mass is 299 g/mol. The molecule has 0 amide bonds. The van der Waals surface area contributed by atoms with Crippen LogP contribution in [-0.4, -0.2) is 13.1 Å². The smallest absolute Gasteiger partial charge is 0.0155 e. The van der Waals surface area contributed by atoms with Crippen LogP contribution in [0.1, 0.15) is 50.0 Å². The number of rotatable bonds is 2. The molecule has 2 heteroatoms. The Morgan fingerprint density at radius 2 is 1.67 bits per heavy atom. The first-order valence-corrected chi connectivity index (χ1v) is 8.83. The highest BCUT2D eigenvalue weighted by molar-refractivity contribution is 7.10. The van der Waals surface area contributed by atoms with Gasteiger partial charge in [0.25, 0.3) is 0 Å². The van der Waals surface area contributed by atoms with Crippen molar-refractivity contribution in [1.29, 1.82) is 0 Å². The molecule has 1 aromatic heterocycles. The fourth-order valence-corrected chi connectivity index (χ4v) is 4.20. The van der Waals surface area contributed by atoms with Crippen molar-refractivity contribution in [3.05, 3.63) is 46.2 Å². The SMILES string of the molecule is CC(C)(C)c1ccc(-c2ccsc2C2CCNCC2)cc1. The topological polar surface area (TPSA) is 12.0 Å². The van der Waals surface area contributed by atoms with Crippen LogP contribution in [0.4, 0.5) is 0 Å². The highest BCUT2D eigenvalue weighted by Gasteiger charge is 2.20. The van der Waals surface area contributed by atoms with E-state index in [1.807, 2.05) is 11.3 Å². The lowest BCUT2D eigenvalue weighted by molar-refractivity contribution is 0.465. The molecule has 1 N–H and O–H groups in total. The van der Waals surface area contributed by atoms with E-state index in [0.717, 1.165) is 19.0 Å². The van der Waals surface area contributed by atoms with Crippen LogP contribution in [0, 0.1) is 0 Å². The predicted octanol–water partition coefficient (Wildman–Crippen LogP) is 5.18. The Balaban J connectivity index is 1.89. The highest BCUT2D eigenvalue weighted by Crippen LogP contribution is 2.38. The van der Waals surface area contributed by atoms with Gasteiger partial charge in [-0.25, -0.2) is 0 Å². The lowest BCUT2D eigenvalue weighted by Gasteiger charge is -2.23. The van der Waals surface area contributed by atoms with Crippen molar-refractivity contribution >= 4 is 11.3 Å². The van der Waals surface area contributed by atoms with Crippen LogP contribution >= 0.6 is 11.3 Å². The van der Waals surface area contributed by atoms with E-state index in [0.29, 0.717) is 0 Å². The summed E-state index contributed by atoms with van der Waals surface area (Å²) < 4.78 is 0. The summed E-state index contributed by atoms with van der Waals surface area (Å²) in [6.07, 6.45) is 2.54. The quantitative estimate of drug-likeness (QED) is 0.805. The number of hydrogen-bond acceptors (Lipinski definition) is 2. The molecule has 0 saturated carbocycles. The molecule has 1 aliphatic rings. The Kier molecular flexibility index (Phi) is 4.19. The van der Waals surface area contributed by atoms with Crippen molar-refractivity contribution in [2.75, 3.05) is 13.1 Å². The molecule has 0 unspecified atom stereocenters. The van der Waals surface area contributed by atoms with Gasteiger partial charge in [0.15, 0.2) is 0 Å². The molecule has 2 aromatic rings. The molecule has 1 aromatic carbocycles. The standard InChI is InChI=1S/C19H25NS/c1-19(2,3)16-6-4-14(5-7-16)17-10-13-21-18(17)15-8-11-20-12-9-15/h4-7,10,13,15,20H,8-9,11-12H2,1-3H3. The van der Waals surface area contributed by atoms with E-state index in [4.69, 9.17) is 0 Å². The lowest BCUT2D eigenvalue weighted by atomic mass is 9.85. The average molecular weight is 299 g/mol. The first kappa shape index (κ1) is 14.8. The van der Waals surface area contributed by atoms with Crippen molar-refractivity contribution in [3.8, 4) is 11.1 Å². The van der Waals surface area contributed by atoms with Crippen molar-refractivity contribution in [1.82, 2.24) is 5.32 Å². The van der Waals surface area contributed by atoms with Gasteiger partial charge in [-0.2, -0.15) is 0 Å². The van der Waals surface area contributed by atoms with Gasteiger partial charge in [-0.1, -0.05) is 45.0 Å². The van der Waals surface area contributed by atoms with E-state index in [1.165, 1.54) is 29.5 Å². The molecule has 0 bridgehead atoms. The third-order valence-corrected chi connectivity index (χ3v) is 5.55. The molecule has 0 aliphatic carbocycles. The first-order valence-electron chi connectivity index (χ1n) is 7.95. The van der Waals surface area contributed by atoms with Gasteiger partial charge in [-0.05, 0) is 65.4 Å².